The summed E-state index contributed by atoms with van der Waals surface area (Å²) in [7, 11) is 0. The molecule has 6 heteroatoms. The molecular formula is C22H25BrN2O3. The van der Waals surface area contributed by atoms with Crippen molar-refractivity contribution in [3.8, 4) is 0 Å². The first kappa shape index (κ1) is 19.4. The van der Waals surface area contributed by atoms with Crippen LogP contribution in [0.1, 0.15) is 43.8 Å². The Hall–Kier alpha value is -1.89. The number of hydrogen-bond donors (Lipinski definition) is 2. The zero-order valence-electron chi connectivity index (χ0n) is 15.7. The van der Waals surface area contributed by atoms with E-state index in [0.717, 1.165) is 41.4 Å². The van der Waals surface area contributed by atoms with Crippen LogP contribution in [0.3, 0.4) is 0 Å². The van der Waals surface area contributed by atoms with Crippen LogP contribution in [0.5, 0.6) is 0 Å². The van der Waals surface area contributed by atoms with Gasteiger partial charge in [-0.3, -0.25) is 0 Å². The molecule has 28 heavy (non-hydrogen) atoms. The van der Waals surface area contributed by atoms with Crippen molar-refractivity contribution in [2.45, 2.75) is 50.0 Å². The molecule has 2 aromatic carbocycles. The van der Waals surface area contributed by atoms with Crippen LogP contribution in [0, 0.1) is 0 Å². The molecule has 2 atom stereocenters. The Morgan fingerprint density at radius 1 is 1.00 bits per heavy atom. The van der Waals surface area contributed by atoms with Crippen molar-refractivity contribution in [2.75, 3.05) is 11.9 Å². The summed E-state index contributed by atoms with van der Waals surface area (Å²) in [6.45, 7) is 0.433. The second kappa shape index (κ2) is 8.64. The molecule has 1 aliphatic carbocycles. The van der Waals surface area contributed by atoms with E-state index in [9.17, 15) is 4.79 Å². The van der Waals surface area contributed by atoms with Crippen molar-refractivity contribution < 1.29 is 14.3 Å². The lowest BCUT2D eigenvalue weighted by Crippen LogP contribution is -2.55. The minimum Gasteiger partial charge on any atom is -0.348 e. The molecule has 2 amide bonds. The molecular weight excluding hydrogens is 420 g/mol. The van der Waals surface area contributed by atoms with Crippen LogP contribution < -0.4 is 10.6 Å². The molecule has 1 heterocycles. The summed E-state index contributed by atoms with van der Waals surface area (Å²) in [6.07, 6.45) is 5.03. The Morgan fingerprint density at radius 2 is 1.71 bits per heavy atom. The van der Waals surface area contributed by atoms with Gasteiger partial charge in [0.05, 0.1) is 18.3 Å². The molecule has 1 spiro atoms. The van der Waals surface area contributed by atoms with E-state index in [2.05, 4.69) is 26.6 Å². The standard InChI is InChI=1S/C22H25BrN2O3/c23-17-11-5-6-12-18(17)24-21(26)25-19-15-27-22(13-7-2-8-14-22)28-20(19)16-9-3-1-4-10-16/h1,3-6,9-12,19-20H,2,7-8,13-15H2,(H2,24,25,26)/t19-,20+/m0/s1. The van der Waals surface area contributed by atoms with Crippen molar-refractivity contribution in [3.63, 3.8) is 0 Å². The van der Waals surface area contributed by atoms with Crippen molar-refractivity contribution in [1.82, 2.24) is 5.32 Å². The van der Waals surface area contributed by atoms with E-state index in [1.54, 1.807) is 0 Å². The quantitative estimate of drug-likeness (QED) is 0.666. The zero-order chi connectivity index (χ0) is 19.4. The van der Waals surface area contributed by atoms with Crippen LogP contribution in [0.25, 0.3) is 0 Å². The number of para-hydroxylation sites is 1. The molecule has 4 rings (SSSR count). The van der Waals surface area contributed by atoms with Gasteiger partial charge in [0.2, 0.25) is 0 Å². The van der Waals surface area contributed by atoms with Crippen molar-refractivity contribution >= 4 is 27.6 Å². The number of anilines is 1. The maximum atomic E-state index is 12.6. The number of carbonyl (C=O) groups is 1. The molecule has 1 saturated carbocycles. The summed E-state index contributed by atoms with van der Waals surface area (Å²) in [5.74, 6) is -0.518. The number of carbonyl (C=O) groups excluding carboxylic acids is 1. The predicted octanol–water partition coefficient (Wildman–Crippen LogP) is 5.39. The van der Waals surface area contributed by atoms with Crippen molar-refractivity contribution in [2.24, 2.45) is 0 Å². The third kappa shape index (κ3) is 4.40. The minimum atomic E-state index is -0.518. The van der Waals surface area contributed by atoms with Gasteiger partial charge >= 0.3 is 6.03 Å². The molecule has 1 saturated heterocycles. The first-order valence-electron chi connectivity index (χ1n) is 9.84. The van der Waals surface area contributed by atoms with Crippen LogP contribution in [-0.2, 0) is 9.47 Å². The summed E-state index contributed by atoms with van der Waals surface area (Å²) in [4.78, 5) is 12.6. The lowest BCUT2D eigenvalue weighted by atomic mass is 9.91. The highest BCUT2D eigenvalue weighted by Gasteiger charge is 2.44. The molecule has 2 fully saturated rings. The average molecular weight is 445 g/mol. The van der Waals surface area contributed by atoms with E-state index in [0.29, 0.717) is 6.61 Å². The van der Waals surface area contributed by atoms with Gasteiger partial charge in [0.1, 0.15) is 6.10 Å². The first-order chi connectivity index (χ1) is 13.7. The van der Waals surface area contributed by atoms with E-state index in [-0.39, 0.29) is 18.2 Å². The number of ether oxygens (including phenoxy) is 2. The molecule has 148 valence electrons. The normalized spacial score (nSPS) is 23.9. The summed E-state index contributed by atoms with van der Waals surface area (Å²) in [6, 6.07) is 17.1. The van der Waals surface area contributed by atoms with Gasteiger partial charge in [-0.05, 0) is 46.5 Å². The van der Waals surface area contributed by atoms with Gasteiger partial charge in [0.25, 0.3) is 0 Å². The monoisotopic (exact) mass is 444 g/mol. The van der Waals surface area contributed by atoms with Gasteiger partial charge < -0.3 is 20.1 Å². The third-order valence-electron chi connectivity index (χ3n) is 5.42. The van der Waals surface area contributed by atoms with Crippen LogP contribution in [0.15, 0.2) is 59.1 Å². The largest absolute Gasteiger partial charge is 0.348 e. The smallest absolute Gasteiger partial charge is 0.319 e. The maximum absolute atomic E-state index is 12.6. The third-order valence-corrected chi connectivity index (χ3v) is 6.11. The van der Waals surface area contributed by atoms with Crippen LogP contribution in [0.4, 0.5) is 10.5 Å². The molecule has 2 aliphatic rings. The molecule has 0 aromatic heterocycles. The maximum Gasteiger partial charge on any atom is 0.319 e. The lowest BCUT2D eigenvalue weighted by molar-refractivity contribution is -0.314. The number of halogens is 1. The summed E-state index contributed by atoms with van der Waals surface area (Å²) in [5, 5.41) is 5.94. The lowest BCUT2D eigenvalue weighted by Gasteiger charge is -2.46. The Bertz CT molecular complexity index is 808. The topological polar surface area (TPSA) is 59.6 Å². The number of urea groups is 1. The van der Waals surface area contributed by atoms with Crippen LogP contribution in [-0.4, -0.2) is 24.5 Å². The number of amides is 2. The van der Waals surface area contributed by atoms with E-state index in [4.69, 9.17) is 9.47 Å². The van der Waals surface area contributed by atoms with Gasteiger partial charge in [-0.15, -0.1) is 0 Å². The van der Waals surface area contributed by atoms with Gasteiger partial charge in [-0.2, -0.15) is 0 Å². The van der Waals surface area contributed by atoms with E-state index in [1.165, 1.54) is 6.42 Å². The summed E-state index contributed by atoms with van der Waals surface area (Å²) < 4.78 is 13.5. The highest BCUT2D eigenvalue weighted by atomic mass is 79.9. The van der Waals surface area contributed by atoms with Gasteiger partial charge in [-0.25, -0.2) is 4.79 Å². The highest BCUT2D eigenvalue weighted by Crippen LogP contribution is 2.41. The van der Waals surface area contributed by atoms with Crippen molar-refractivity contribution in [1.29, 1.82) is 0 Å². The van der Waals surface area contributed by atoms with Gasteiger partial charge in [-0.1, -0.05) is 48.9 Å². The van der Waals surface area contributed by atoms with E-state index < -0.39 is 5.79 Å². The van der Waals surface area contributed by atoms with Crippen molar-refractivity contribution in [3.05, 3.63) is 64.6 Å². The molecule has 0 bridgehead atoms. The molecule has 5 nitrogen and oxygen atoms in total. The molecule has 1 aliphatic heterocycles. The second-order valence-electron chi connectivity index (χ2n) is 7.42. The van der Waals surface area contributed by atoms with Gasteiger partial charge in [0.15, 0.2) is 5.79 Å². The Kier molecular flexibility index (Phi) is 5.99. The summed E-state index contributed by atoms with van der Waals surface area (Å²) >= 11 is 3.45. The first-order valence-corrected chi connectivity index (χ1v) is 10.6. The van der Waals surface area contributed by atoms with E-state index in [1.807, 2.05) is 54.6 Å². The SMILES string of the molecule is O=C(Nc1ccccc1Br)N[C@H]1COC2(CCCCC2)O[C@@H]1c1ccccc1. The fraction of sp³-hybridized carbons (Fsp3) is 0.409. The van der Waals surface area contributed by atoms with Crippen LogP contribution >= 0.6 is 15.9 Å². The van der Waals surface area contributed by atoms with Gasteiger partial charge in [0, 0.05) is 17.3 Å². The molecule has 2 N–H and O–H groups in total. The number of nitrogens with one attached hydrogen (secondary N) is 2. The highest BCUT2D eigenvalue weighted by molar-refractivity contribution is 9.10. The average Bonchev–Trinajstić information content (AvgIpc) is 2.72. The van der Waals surface area contributed by atoms with Crippen LogP contribution in [0.2, 0.25) is 0 Å². The van der Waals surface area contributed by atoms with E-state index >= 15 is 0 Å². The predicted molar refractivity (Wildman–Crippen MR) is 112 cm³/mol. The molecule has 0 unspecified atom stereocenters. The minimum absolute atomic E-state index is 0.238. The molecule has 2 aromatic rings. The number of benzene rings is 2. The summed E-state index contributed by atoms with van der Waals surface area (Å²) in [5.41, 5.74) is 1.78. The Morgan fingerprint density at radius 3 is 2.46 bits per heavy atom. The fourth-order valence-corrected chi connectivity index (χ4v) is 4.36. The Labute approximate surface area is 173 Å². The number of rotatable bonds is 3. The second-order valence-corrected chi connectivity index (χ2v) is 8.27. The zero-order valence-corrected chi connectivity index (χ0v) is 17.3. The number of hydrogen-bond acceptors (Lipinski definition) is 3. The fourth-order valence-electron chi connectivity index (χ4n) is 3.98. The Balaban J connectivity index is 1.50. The molecule has 0 radical (unpaired) electrons.